The first-order valence-corrected chi connectivity index (χ1v) is 14.7. The number of nitrogens with zero attached hydrogens (tertiary/aromatic N) is 2. The van der Waals surface area contributed by atoms with Crippen molar-refractivity contribution in [1.82, 2.24) is 4.57 Å². The van der Waals surface area contributed by atoms with Crippen molar-refractivity contribution >= 4 is 51.6 Å². The quantitative estimate of drug-likeness (QED) is 0.207. The van der Waals surface area contributed by atoms with Crippen LogP contribution in [0.1, 0.15) is 38.5 Å². The van der Waals surface area contributed by atoms with Crippen molar-refractivity contribution in [1.29, 1.82) is 0 Å². The standard InChI is InChI=1S/C33H35N5O3S/c1-6-31(39)35-26-18-23(14-15-28(26)37(3)4)34-27-16-22(19-38(5)33(27)41)24-11-9-12-25(20(24)2)36-32(40)30-17-21-10-7-8-13-29(21)42-30/h6,9,11-12,14-19,34H,1,7-8,10,13H2,2-5H3,(H,35,39)(H,36,40). The Balaban J connectivity index is 1.44. The largest absolute Gasteiger partial charge is 0.376 e. The third-order valence-corrected chi connectivity index (χ3v) is 8.73. The fraction of sp³-hybridized carbons (Fsp3) is 0.242. The average Bonchev–Trinajstić information content (AvgIpc) is 3.41. The minimum absolute atomic E-state index is 0.0991. The molecule has 0 atom stereocenters. The molecule has 5 rings (SSSR count). The molecule has 3 N–H and O–H groups in total. The van der Waals surface area contributed by atoms with Crippen LogP contribution in [0.15, 0.2) is 72.2 Å². The Labute approximate surface area is 249 Å². The molecule has 2 heterocycles. The third-order valence-electron chi connectivity index (χ3n) is 7.50. The number of carbonyl (C=O) groups is 2. The van der Waals surface area contributed by atoms with Crippen molar-refractivity contribution in [2.45, 2.75) is 32.6 Å². The summed E-state index contributed by atoms with van der Waals surface area (Å²) in [6.07, 6.45) is 7.46. The molecular formula is C33H35N5O3S. The number of aryl methyl sites for hydroxylation is 3. The van der Waals surface area contributed by atoms with Gasteiger partial charge in [0.2, 0.25) is 5.91 Å². The van der Waals surface area contributed by atoms with Crippen LogP contribution in [0.5, 0.6) is 0 Å². The molecule has 8 nitrogen and oxygen atoms in total. The molecule has 2 amide bonds. The van der Waals surface area contributed by atoms with E-state index < -0.39 is 0 Å². The Morgan fingerprint density at radius 2 is 1.79 bits per heavy atom. The second-order valence-electron chi connectivity index (χ2n) is 10.7. The molecule has 0 spiro atoms. The predicted octanol–water partition coefficient (Wildman–Crippen LogP) is 6.49. The van der Waals surface area contributed by atoms with Crippen molar-refractivity contribution in [3.05, 3.63) is 98.6 Å². The van der Waals surface area contributed by atoms with Crippen LogP contribution in [0.25, 0.3) is 11.1 Å². The SMILES string of the molecule is C=CC(=O)Nc1cc(Nc2cc(-c3cccc(NC(=O)c4cc5c(s4)CCCC5)c3C)cn(C)c2=O)ccc1N(C)C. The molecule has 0 aliphatic heterocycles. The Kier molecular flexibility index (Phi) is 8.31. The average molecular weight is 582 g/mol. The summed E-state index contributed by atoms with van der Waals surface area (Å²) < 4.78 is 1.53. The molecule has 216 valence electrons. The third kappa shape index (κ3) is 6.01. The summed E-state index contributed by atoms with van der Waals surface area (Å²) in [4.78, 5) is 42.3. The molecule has 0 bridgehead atoms. The highest BCUT2D eigenvalue weighted by molar-refractivity contribution is 7.14. The van der Waals surface area contributed by atoms with E-state index in [0.717, 1.165) is 45.8 Å². The van der Waals surface area contributed by atoms with Gasteiger partial charge in [0, 0.05) is 49.2 Å². The summed E-state index contributed by atoms with van der Waals surface area (Å²) in [5.74, 6) is -0.424. The predicted molar refractivity (Wildman–Crippen MR) is 174 cm³/mol. The second-order valence-corrected chi connectivity index (χ2v) is 11.8. The number of amides is 2. The number of pyridine rings is 1. The molecule has 1 aliphatic carbocycles. The number of thiophene rings is 1. The van der Waals surface area contributed by atoms with Crippen molar-refractivity contribution < 1.29 is 9.59 Å². The maximum Gasteiger partial charge on any atom is 0.274 e. The zero-order valence-corrected chi connectivity index (χ0v) is 25.2. The lowest BCUT2D eigenvalue weighted by molar-refractivity contribution is -0.111. The smallest absolute Gasteiger partial charge is 0.274 e. The summed E-state index contributed by atoms with van der Waals surface area (Å²) in [6.45, 7) is 5.50. The van der Waals surface area contributed by atoms with Crippen LogP contribution in [0.4, 0.5) is 28.4 Å². The lowest BCUT2D eigenvalue weighted by Gasteiger charge is -2.19. The number of hydrogen-bond donors (Lipinski definition) is 3. The molecule has 2 aromatic heterocycles. The summed E-state index contributed by atoms with van der Waals surface area (Å²) in [6, 6.07) is 15.1. The Morgan fingerprint density at radius 1 is 1.00 bits per heavy atom. The van der Waals surface area contributed by atoms with Gasteiger partial charge in [-0.2, -0.15) is 0 Å². The lowest BCUT2D eigenvalue weighted by atomic mass is 9.99. The van der Waals surface area contributed by atoms with Crippen molar-refractivity contribution in [2.24, 2.45) is 7.05 Å². The van der Waals surface area contributed by atoms with Crippen molar-refractivity contribution in [2.75, 3.05) is 34.9 Å². The van der Waals surface area contributed by atoms with Crippen LogP contribution in [0, 0.1) is 6.92 Å². The van der Waals surface area contributed by atoms with Crippen LogP contribution in [0.2, 0.25) is 0 Å². The Morgan fingerprint density at radius 3 is 2.52 bits per heavy atom. The first-order chi connectivity index (χ1) is 20.1. The van der Waals surface area contributed by atoms with E-state index in [1.165, 1.54) is 33.9 Å². The van der Waals surface area contributed by atoms with Gasteiger partial charge in [0.1, 0.15) is 5.69 Å². The molecule has 0 saturated carbocycles. The molecule has 0 saturated heterocycles. The van der Waals surface area contributed by atoms with Gasteiger partial charge in [-0.15, -0.1) is 11.3 Å². The van der Waals surface area contributed by atoms with Crippen LogP contribution >= 0.6 is 11.3 Å². The van der Waals surface area contributed by atoms with Crippen molar-refractivity contribution in [3.8, 4) is 11.1 Å². The number of anilines is 5. The molecule has 0 radical (unpaired) electrons. The number of fused-ring (bicyclic) bond motifs is 1. The van der Waals surface area contributed by atoms with Gasteiger partial charge >= 0.3 is 0 Å². The molecule has 9 heteroatoms. The van der Waals surface area contributed by atoms with Gasteiger partial charge in [0.25, 0.3) is 11.5 Å². The van der Waals surface area contributed by atoms with Crippen molar-refractivity contribution in [3.63, 3.8) is 0 Å². The van der Waals surface area contributed by atoms with Crippen LogP contribution < -0.4 is 26.4 Å². The molecule has 4 aromatic rings. The maximum absolute atomic E-state index is 13.2. The van der Waals surface area contributed by atoms with E-state index in [2.05, 4.69) is 22.5 Å². The molecule has 42 heavy (non-hydrogen) atoms. The summed E-state index contributed by atoms with van der Waals surface area (Å²) in [5.41, 5.74) is 6.90. The van der Waals surface area contributed by atoms with E-state index in [1.54, 1.807) is 30.6 Å². The highest BCUT2D eigenvalue weighted by Crippen LogP contribution is 2.34. The lowest BCUT2D eigenvalue weighted by Crippen LogP contribution is -2.20. The Bertz CT molecular complexity index is 1730. The number of rotatable bonds is 8. The van der Waals surface area contributed by atoms with Gasteiger partial charge in [-0.3, -0.25) is 14.4 Å². The van der Waals surface area contributed by atoms with Gasteiger partial charge in [-0.25, -0.2) is 0 Å². The molecular weight excluding hydrogens is 546 g/mol. The number of aromatic nitrogens is 1. The highest BCUT2D eigenvalue weighted by Gasteiger charge is 2.19. The normalized spacial score (nSPS) is 12.3. The van der Waals surface area contributed by atoms with Gasteiger partial charge in [0.15, 0.2) is 0 Å². The first-order valence-electron chi connectivity index (χ1n) is 13.9. The van der Waals surface area contributed by atoms with E-state index in [0.29, 0.717) is 17.1 Å². The minimum atomic E-state index is -0.325. The number of nitrogens with one attached hydrogen (secondary N) is 3. The summed E-state index contributed by atoms with van der Waals surface area (Å²) >= 11 is 1.59. The number of carbonyl (C=O) groups excluding carboxylic acids is 2. The zero-order chi connectivity index (χ0) is 30.0. The first kappa shape index (κ1) is 28.9. The van der Waals surface area contributed by atoms with E-state index in [1.807, 2.05) is 68.4 Å². The van der Waals surface area contributed by atoms with E-state index >= 15 is 0 Å². The highest BCUT2D eigenvalue weighted by atomic mass is 32.1. The number of hydrogen-bond acceptors (Lipinski definition) is 6. The van der Waals surface area contributed by atoms with Crippen LogP contribution in [-0.4, -0.2) is 30.5 Å². The van der Waals surface area contributed by atoms with Gasteiger partial charge < -0.3 is 25.4 Å². The molecule has 0 fully saturated rings. The van der Waals surface area contributed by atoms with E-state index in [4.69, 9.17) is 0 Å². The topological polar surface area (TPSA) is 95.5 Å². The van der Waals surface area contributed by atoms with E-state index in [9.17, 15) is 14.4 Å². The number of benzene rings is 2. The van der Waals surface area contributed by atoms with Gasteiger partial charge in [-0.1, -0.05) is 18.7 Å². The van der Waals surface area contributed by atoms with Crippen LogP contribution in [-0.2, 0) is 24.7 Å². The van der Waals surface area contributed by atoms with Crippen LogP contribution in [0.3, 0.4) is 0 Å². The monoisotopic (exact) mass is 581 g/mol. The fourth-order valence-corrected chi connectivity index (χ4v) is 6.41. The zero-order valence-electron chi connectivity index (χ0n) is 24.3. The minimum Gasteiger partial charge on any atom is -0.376 e. The molecule has 0 unspecified atom stereocenters. The fourth-order valence-electron chi connectivity index (χ4n) is 5.26. The molecule has 1 aliphatic rings. The molecule has 2 aromatic carbocycles. The Hall–Kier alpha value is -4.63. The maximum atomic E-state index is 13.2. The second kappa shape index (κ2) is 12.1. The van der Waals surface area contributed by atoms with Gasteiger partial charge in [-0.05, 0) is 91.8 Å². The summed E-state index contributed by atoms with van der Waals surface area (Å²) in [5, 5.41) is 9.17. The summed E-state index contributed by atoms with van der Waals surface area (Å²) in [7, 11) is 5.48. The van der Waals surface area contributed by atoms with E-state index in [-0.39, 0.29) is 17.4 Å². The van der Waals surface area contributed by atoms with Gasteiger partial charge in [0.05, 0.1) is 16.3 Å².